The second-order valence-corrected chi connectivity index (χ2v) is 8.12. The smallest absolute Gasteiger partial charge is 0.263 e. The van der Waals surface area contributed by atoms with Crippen LogP contribution >= 0.6 is 11.3 Å². The molecule has 2 aliphatic heterocycles. The summed E-state index contributed by atoms with van der Waals surface area (Å²) in [5.74, 6) is 0.700. The lowest BCUT2D eigenvalue weighted by Crippen LogP contribution is -2.62. The van der Waals surface area contributed by atoms with Crippen molar-refractivity contribution in [2.75, 3.05) is 33.4 Å². The molecule has 0 unspecified atom stereocenters. The van der Waals surface area contributed by atoms with E-state index in [0.717, 1.165) is 37.7 Å². The van der Waals surface area contributed by atoms with Gasteiger partial charge >= 0.3 is 0 Å². The standard InChI is InChI=1S/C17H25N3O3S/c1-22-10-12-15(11-4-7-23-16(11)12)19-17(21)13-8-18-14(24-13)9-20-5-2-3-6-20/h8,11-12,15-16H,2-7,9-10H2,1H3,(H,19,21)/t11-,12+,15-,16-/m0/s1. The van der Waals surface area contributed by atoms with Crippen LogP contribution in [0.15, 0.2) is 6.20 Å². The number of thiazole rings is 1. The minimum atomic E-state index is -0.00313. The molecular formula is C17H25N3O3S. The van der Waals surface area contributed by atoms with Gasteiger partial charge in [-0.2, -0.15) is 0 Å². The fourth-order valence-electron chi connectivity index (χ4n) is 4.28. The molecule has 1 aromatic heterocycles. The van der Waals surface area contributed by atoms with Crippen molar-refractivity contribution in [2.45, 2.75) is 38.0 Å². The highest BCUT2D eigenvalue weighted by Gasteiger charge is 2.54. The maximum Gasteiger partial charge on any atom is 0.263 e. The van der Waals surface area contributed by atoms with Crippen molar-refractivity contribution in [1.82, 2.24) is 15.2 Å². The highest BCUT2D eigenvalue weighted by molar-refractivity contribution is 7.13. The number of carbonyl (C=O) groups is 1. The normalized spacial score (nSPS) is 32.5. The second kappa shape index (κ2) is 7.07. The van der Waals surface area contributed by atoms with E-state index in [9.17, 15) is 4.79 Å². The third-order valence-electron chi connectivity index (χ3n) is 5.52. The van der Waals surface area contributed by atoms with Gasteiger partial charge in [0.05, 0.1) is 25.5 Å². The van der Waals surface area contributed by atoms with Crippen LogP contribution < -0.4 is 5.32 Å². The zero-order valence-electron chi connectivity index (χ0n) is 14.1. The molecule has 4 atom stereocenters. The Hall–Kier alpha value is -1.02. The molecule has 1 N–H and O–H groups in total. The first-order valence-corrected chi connectivity index (χ1v) is 9.66. The molecule has 1 aliphatic carbocycles. The number of hydrogen-bond donors (Lipinski definition) is 1. The molecule has 7 heteroatoms. The fourth-order valence-corrected chi connectivity index (χ4v) is 5.14. The summed E-state index contributed by atoms with van der Waals surface area (Å²) in [7, 11) is 1.70. The van der Waals surface area contributed by atoms with Gasteiger partial charge < -0.3 is 14.8 Å². The number of methoxy groups -OCH3 is 1. The highest BCUT2D eigenvalue weighted by atomic mass is 32.1. The number of fused-ring (bicyclic) bond motifs is 1. The first kappa shape index (κ1) is 16.4. The molecule has 0 spiro atoms. The summed E-state index contributed by atoms with van der Waals surface area (Å²) in [6.45, 7) is 4.58. The van der Waals surface area contributed by atoms with Crippen LogP contribution in [0.25, 0.3) is 0 Å². The minimum Gasteiger partial charge on any atom is -0.384 e. The Balaban J connectivity index is 1.36. The third kappa shape index (κ3) is 3.10. The van der Waals surface area contributed by atoms with Crippen molar-refractivity contribution >= 4 is 17.2 Å². The van der Waals surface area contributed by atoms with Crippen LogP contribution in [0, 0.1) is 11.8 Å². The number of rotatable bonds is 6. The first-order valence-electron chi connectivity index (χ1n) is 8.84. The van der Waals surface area contributed by atoms with Gasteiger partial charge in [-0.15, -0.1) is 11.3 Å². The number of nitrogens with one attached hydrogen (secondary N) is 1. The van der Waals surface area contributed by atoms with E-state index < -0.39 is 0 Å². The molecule has 4 rings (SSSR count). The topological polar surface area (TPSA) is 63.7 Å². The predicted octanol–water partition coefficient (Wildman–Crippen LogP) is 1.52. The lowest BCUT2D eigenvalue weighted by Gasteiger charge is -2.47. The first-order chi connectivity index (χ1) is 11.8. The zero-order chi connectivity index (χ0) is 16.5. The number of likely N-dealkylation sites (tertiary alicyclic amines) is 1. The average molecular weight is 351 g/mol. The number of nitrogens with zero attached hydrogens (tertiary/aromatic N) is 2. The molecular weight excluding hydrogens is 326 g/mol. The molecule has 2 saturated heterocycles. The molecule has 1 aromatic rings. The van der Waals surface area contributed by atoms with Crippen LogP contribution in [0.2, 0.25) is 0 Å². The molecule has 6 nitrogen and oxygen atoms in total. The van der Waals surface area contributed by atoms with E-state index in [1.807, 2.05) is 0 Å². The second-order valence-electron chi connectivity index (χ2n) is 7.01. The van der Waals surface area contributed by atoms with Crippen molar-refractivity contribution in [3.05, 3.63) is 16.1 Å². The van der Waals surface area contributed by atoms with E-state index in [4.69, 9.17) is 9.47 Å². The molecule has 24 heavy (non-hydrogen) atoms. The van der Waals surface area contributed by atoms with Gasteiger partial charge in [-0.25, -0.2) is 4.98 Å². The van der Waals surface area contributed by atoms with Gasteiger partial charge in [0.2, 0.25) is 0 Å². The Labute approximate surface area is 146 Å². The molecule has 1 amide bonds. The summed E-state index contributed by atoms with van der Waals surface area (Å²) in [5, 5.41) is 4.24. The van der Waals surface area contributed by atoms with E-state index in [1.165, 1.54) is 24.2 Å². The van der Waals surface area contributed by atoms with Crippen molar-refractivity contribution in [1.29, 1.82) is 0 Å². The largest absolute Gasteiger partial charge is 0.384 e. The van der Waals surface area contributed by atoms with E-state index in [1.54, 1.807) is 13.3 Å². The molecule has 132 valence electrons. The molecule has 0 radical (unpaired) electrons. The van der Waals surface area contributed by atoms with E-state index in [-0.39, 0.29) is 24.0 Å². The molecule has 1 saturated carbocycles. The highest BCUT2D eigenvalue weighted by Crippen LogP contribution is 2.43. The average Bonchev–Trinajstić information content (AvgIpc) is 3.31. The van der Waals surface area contributed by atoms with Crippen LogP contribution in [0.5, 0.6) is 0 Å². The SMILES string of the molecule is COC[C@@H]1[C@@H](NC(=O)c2cnc(CN3CCCC3)s2)[C@@H]2CCO[C@H]12. The number of carbonyl (C=O) groups excluding carboxylic acids is 1. The van der Waals surface area contributed by atoms with E-state index >= 15 is 0 Å². The van der Waals surface area contributed by atoms with Crippen molar-refractivity contribution < 1.29 is 14.3 Å². The van der Waals surface area contributed by atoms with E-state index in [2.05, 4.69) is 15.2 Å². The van der Waals surface area contributed by atoms with Crippen LogP contribution in [0.1, 0.15) is 33.9 Å². The van der Waals surface area contributed by atoms with Gasteiger partial charge in [0.25, 0.3) is 5.91 Å². The van der Waals surface area contributed by atoms with Crippen LogP contribution in [-0.2, 0) is 16.0 Å². The summed E-state index contributed by atoms with van der Waals surface area (Å²) in [4.78, 5) is 20.2. The van der Waals surface area contributed by atoms with E-state index in [0.29, 0.717) is 17.4 Å². The lowest BCUT2D eigenvalue weighted by atomic mass is 9.67. The van der Waals surface area contributed by atoms with Gasteiger partial charge in [-0.3, -0.25) is 9.69 Å². The van der Waals surface area contributed by atoms with Crippen molar-refractivity contribution in [3.63, 3.8) is 0 Å². The lowest BCUT2D eigenvalue weighted by molar-refractivity contribution is -0.0809. The number of aromatic nitrogens is 1. The summed E-state index contributed by atoms with van der Waals surface area (Å²) in [6, 6.07) is 0.161. The number of hydrogen-bond acceptors (Lipinski definition) is 6. The van der Waals surface area contributed by atoms with Gasteiger partial charge in [0, 0.05) is 31.6 Å². The molecule has 0 aromatic carbocycles. The van der Waals surface area contributed by atoms with Crippen molar-refractivity contribution in [2.24, 2.45) is 11.8 Å². The third-order valence-corrected chi connectivity index (χ3v) is 6.50. The number of amides is 1. The Morgan fingerprint density at radius 3 is 3.12 bits per heavy atom. The Morgan fingerprint density at radius 1 is 1.50 bits per heavy atom. The Kier molecular flexibility index (Phi) is 4.85. The summed E-state index contributed by atoms with van der Waals surface area (Å²) in [5.41, 5.74) is 0. The maximum absolute atomic E-state index is 12.6. The summed E-state index contributed by atoms with van der Waals surface area (Å²) >= 11 is 1.52. The zero-order valence-corrected chi connectivity index (χ0v) is 14.9. The quantitative estimate of drug-likeness (QED) is 0.842. The molecule has 3 fully saturated rings. The van der Waals surface area contributed by atoms with Gasteiger partial charge in [0.15, 0.2) is 0 Å². The fraction of sp³-hybridized carbons (Fsp3) is 0.765. The van der Waals surface area contributed by atoms with Gasteiger partial charge in [-0.1, -0.05) is 0 Å². The van der Waals surface area contributed by atoms with Gasteiger partial charge in [0.1, 0.15) is 9.88 Å². The Bertz CT molecular complexity index is 587. The predicted molar refractivity (Wildman–Crippen MR) is 91.1 cm³/mol. The Morgan fingerprint density at radius 2 is 2.33 bits per heavy atom. The summed E-state index contributed by atoms with van der Waals surface area (Å²) in [6.07, 6.45) is 5.54. The minimum absolute atomic E-state index is 0.00313. The maximum atomic E-state index is 12.6. The molecule has 0 bridgehead atoms. The van der Waals surface area contributed by atoms with Crippen molar-refractivity contribution in [3.8, 4) is 0 Å². The van der Waals surface area contributed by atoms with Gasteiger partial charge in [-0.05, 0) is 32.4 Å². The van der Waals surface area contributed by atoms with Crippen LogP contribution in [0.3, 0.4) is 0 Å². The monoisotopic (exact) mass is 351 g/mol. The summed E-state index contributed by atoms with van der Waals surface area (Å²) < 4.78 is 11.1. The molecule has 3 aliphatic rings. The molecule has 3 heterocycles. The van der Waals surface area contributed by atoms with Crippen LogP contribution in [0.4, 0.5) is 0 Å². The van der Waals surface area contributed by atoms with Crippen LogP contribution in [-0.4, -0.2) is 61.3 Å². The number of ether oxygens (including phenoxy) is 2.